The van der Waals surface area contributed by atoms with Crippen molar-refractivity contribution in [2.24, 2.45) is 18.9 Å². The molecular weight excluding hydrogens is 580 g/mol. The quantitative estimate of drug-likeness (QED) is 0.230. The second-order valence-corrected chi connectivity index (χ2v) is 13.3. The number of sulfonamides is 1. The molecule has 2 aromatic heterocycles. The van der Waals surface area contributed by atoms with Crippen molar-refractivity contribution >= 4 is 15.9 Å². The Kier molecular flexibility index (Phi) is 9.45. The minimum atomic E-state index is -4.02. The number of aliphatic hydroxyl groups excluding tert-OH is 1. The van der Waals surface area contributed by atoms with Crippen LogP contribution in [0.2, 0.25) is 0 Å². The molecule has 0 saturated carbocycles. The number of nitrogens with zero attached hydrogens (tertiary/aromatic N) is 3. The minimum absolute atomic E-state index is 0.00538. The van der Waals surface area contributed by atoms with Gasteiger partial charge < -0.3 is 23.7 Å². The molecule has 234 valence electrons. The van der Waals surface area contributed by atoms with Gasteiger partial charge in [-0.3, -0.25) is 4.79 Å². The first-order valence-corrected chi connectivity index (χ1v) is 16.2. The molecule has 5 rings (SSSR count). The smallest absolute Gasteiger partial charge is 0.283 e. The van der Waals surface area contributed by atoms with Crippen LogP contribution in [0.15, 0.2) is 72.4 Å². The number of aryl methyl sites for hydroxylation is 2. The number of rotatable bonds is 13. The highest BCUT2D eigenvalue weighted by Gasteiger charge is 2.30. The normalized spacial score (nSPS) is 14.7. The zero-order chi connectivity index (χ0) is 31.4. The second-order valence-electron chi connectivity index (χ2n) is 11.7. The predicted molar refractivity (Wildman–Crippen MR) is 166 cm³/mol. The van der Waals surface area contributed by atoms with Crippen molar-refractivity contribution in [3.8, 4) is 11.5 Å². The number of hydrogen-bond donors (Lipinski definition) is 2. The van der Waals surface area contributed by atoms with Crippen LogP contribution in [-0.4, -0.2) is 47.8 Å². The number of aliphatic hydroxyl groups is 1. The van der Waals surface area contributed by atoms with Crippen LogP contribution in [-0.2, 0) is 47.7 Å². The lowest BCUT2D eigenvalue weighted by atomic mass is 9.85. The second kappa shape index (κ2) is 13.3. The molecule has 2 aromatic carbocycles. The van der Waals surface area contributed by atoms with Crippen molar-refractivity contribution in [1.82, 2.24) is 18.8 Å². The third kappa shape index (κ3) is 7.16. The molecule has 0 spiro atoms. The Labute approximate surface area is 258 Å². The molecule has 0 aliphatic heterocycles. The topological polar surface area (TPSA) is 125 Å². The van der Waals surface area contributed by atoms with Gasteiger partial charge in [0.2, 0.25) is 5.91 Å². The van der Waals surface area contributed by atoms with Gasteiger partial charge in [-0.1, -0.05) is 24.3 Å². The summed E-state index contributed by atoms with van der Waals surface area (Å²) in [5, 5.41) is 11.6. The summed E-state index contributed by atoms with van der Waals surface area (Å²) in [7, 11) is 0.863. The molecule has 0 fully saturated rings. The zero-order valence-corrected chi connectivity index (χ0v) is 26.4. The van der Waals surface area contributed by atoms with Crippen molar-refractivity contribution in [2.45, 2.75) is 56.7 Å². The van der Waals surface area contributed by atoms with Crippen LogP contribution in [0.3, 0.4) is 0 Å². The number of benzene rings is 2. The number of aromatic nitrogens is 3. The van der Waals surface area contributed by atoms with E-state index in [4.69, 9.17) is 9.47 Å². The Morgan fingerprint density at radius 1 is 1.09 bits per heavy atom. The van der Waals surface area contributed by atoms with E-state index in [1.807, 2.05) is 42.1 Å². The SMILES string of the molecule is COc1cc([C@@H](O)[C@H](CC2Cc3ccccc3C2)Cn2ccc(CCC(=O)NS(=O)(=O)c3cn(C)cn3)c2)cc(OC)c1C. The molecule has 10 nitrogen and oxygen atoms in total. The molecule has 0 unspecified atom stereocenters. The number of carbonyl (C=O) groups excluding carboxylic acids is 1. The minimum Gasteiger partial charge on any atom is -0.496 e. The summed E-state index contributed by atoms with van der Waals surface area (Å²) in [4.78, 5) is 16.3. The summed E-state index contributed by atoms with van der Waals surface area (Å²) in [6.45, 7) is 2.49. The Morgan fingerprint density at radius 3 is 2.34 bits per heavy atom. The maximum atomic E-state index is 12.5. The van der Waals surface area contributed by atoms with Crippen LogP contribution in [0, 0.1) is 18.8 Å². The van der Waals surface area contributed by atoms with E-state index in [1.165, 1.54) is 28.2 Å². The number of hydrogen-bond acceptors (Lipinski definition) is 7. The van der Waals surface area contributed by atoms with Gasteiger partial charge >= 0.3 is 0 Å². The van der Waals surface area contributed by atoms with Crippen molar-refractivity contribution in [3.63, 3.8) is 0 Å². The number of imidazole rings is 1. The summed E-state index contributed by atoms with van der Waals surface area (Å²) in [5.41, 5.74) is 5.26. The molecule has 2 atom stereocenters. The summed E-state index contributed by atoms with van der Waals surface area (Å²) in [6.07, 6.45) is 8.99. The molecule has 4 aromatic rings. The Bertz CT molecular complexity index is 1680. The first kappa shape index (κ1) is 31.3. The van der Waals surface area contributed by atoms with Crippen molar-refractivity contribution in [1.29, 1.82) is 0 Å². The van der Waals surface area contributed by atoms with Crippen LogP contribution in [0.25, 0.3) is 0 Å². The van der Waals surface area contributed by atoms with Crippen molar-refractivity contribution in [2.75, 3.05) is 14.2 Å². The predicted octanol–water partition coefficient (Wildman–Crippen LogP) is 4.14. The Hall–Kier alpha value is -4.09. The molecule has 11 heteroatoms. The average molecular weight is 621 g/mol. The first-order chi connectivity index (χ1) is 21.1. The van der Waals surface area contributed by atoms with Gasteiger partial charge in [0.15, 0.2) is 5.03 Å². The average Bonchev–Trinajstić information content (AvgIpc) is 3.75. The first-order valence-electron chi connectivity index (χ1n) is 14.7. The fourth-order valence-electron chi connectivity index (χ4n) is 6.16. The van der Waals surface area contributed by atoms with Gasteiger partial charge in [-0.15, -0.1) is 0 Å². The number of nitrogens with one attached hydrogen (secondary N) is 1. The molecule has 1 aliphatic rings. The lowest BCUT2D eigenvalue weighted by Crippen LogP contribution is -2.31. The molecule has 44 heavy (non-hydrogen) atoms. The highest BCUT2D eigenvalue weighted by molar-refractivity contribution is 7.90. The van der Waals surface area contributed by atoms with Crippen molar-refractivity contribution < 1.29 is 27.8 Å². The Balaban J connectivity index is 1.29. The molecule has 1 aliphatic carbocycles. The van der Waals surface area contributed by atoms with Gasteiger partial charge in [-0.25, -0.2) is 9.71 Å². The number of amides is 1. The van der Waals surface area contributed by atoms with E-state index in [1.54, 1.807) is 21.3 Å². The van der Waals surface area contributed by atoms with E-state index in [2.05, 4.69) is 34.0 Å². The van der Waals surface area contributed by atoms with Gasteiger partial charge in [-0.2, -0.15) is 8.42 Å². The number of methoxy groups -OCH3 is 2. The van der Waals surface area contributed by atoms with E-state index in [0.717, 1.165) is 36.0 Å². The van der Waals surface area contributed by atoms with Crippen molar-refractivity contribution in [3.05, 3.63) is 95.2 Å². The third-order valence-corrected chi connectivity index (χ3v) is 9.69. The molecule has 0 saturated heterocycles. The lowest BCUT2D eigenvalue weighted by Gasteiger charge is -2.27. The number of fused-ring (bicyclic) bond motifs is 1. The van der Waals surface area contributed by atoms with Crippen LogP contribution in [0.5, 0.6) is 11.5 Å². The fourth-order valence-corrected chi connectivity index (χ4v) is 7.16. The molecule has 0 bridgehead atoms. The summed E-state index contributed by atoms with van der Waals surface area (Å²) in [6, 6.07) is 14.2. The van der Waals surface area contributed by atoms with Crippen LogP contribution >= 0.6 is 0 Å². The molecule has 2 heterocycles. The van der Waals surface area contributed by atoms with E-state index < -0.39 is 22.0 Å². The monoisotopic (exact) mass is 620 g/mol. The maximum absolute atomic E-state index is 12.5. The standard InChI is InChI=1S/C33H40N4O6S/c1-22-29(42-3)16-27(17-30(22)43-4)33(39)28(15-24-13-25-7-5-6-8-26(25)14-24)19-37-12-11-23(18-37)9-10-31(38)35-44(40,41)32-20-36(2)21-34-32/h5-8,11-12,16-18,20-21,24,28,33,39H,9-10,13-15,19H2,1-4H3,(H,35,38)/t28-,33-/m1/s1. The maximum Gasteiger partial charge on any atom is 0.283 e. The van der Waals surface area contributed by atoms with E-state index >= 15 is 0 Å². The molecule has 1 amide bonds. The molecular formula is C33H40N4O6S. The summed E-state index contributed by atoms with van der Waals surface area (Å²) < 4.78 is 41.7. The van der Waals surface area contributed by atoms with Crippen LogP contribution < -0.4 is 14.2 Å². The zero-order valence-electron chi connectivity index (χ0n) is 25.6. The van der Waals surface area contributed by atoms with Gasteiger partial charge in [0, 0.05) is 50.1 Å². The van der Waals surface area contributed by atoms with E-state index in [-0.39, 0.29) is 17.4 Å². The van der Waals surface area contributed by atoms with E-state index in [9.17, 15) is 18.3 Å². The van der Waals surface area contributed by atoms with E-state index in [0.29, 0.717) is 30.4 Å². The molecule has 2 N–H and O–H groups in total. The highest BCUT2D eigenvalue weighted by atomic mass is 32.2. The van der Waals surface area contributed by atoms with Gasteiger partial charge in [-0.05, 0) is 79.0 Å². The van der Waals surface area contributed by atoms with Crippen LogP contribution in [0.1, 0.15) is 46.8 Å². The summed E-state index contributed by atoms with van der Waals surface area (Å²) in [5.74, 6) is 1.02. The third-order valence-electron chi connectivity index (χ3n) is 8.44. The largest absolute Gasteiger partial charge is 0.496 e. The highest BCUT2D eigenvalue weighted by Crippen LogP contribution is 2.39. The fraction of sp³-hybridized carbons (Fsp3) is 0.394. The number of carbonyl (C=O) groups is 1. The lowest BCUT2D eigenvalue weighted by molar-refractivity contribution is -0.119. The van der Waals surface area contributed by atoms with Gasteiger partial charge in [0.1, 0.15) is 11.5 Å². The molecule has 0 radical (unpaired) electrons. The number of ether oxygens (including phenoxy) is 2. The van der Waals surface area contributed by atoms with Crippen LogP contribution in [0.4, 0.5) is 0 Å². The van der Waals surface area contributed by atoms with Gasteiger partial charge in [0.05, 0.1) is 26.7 Å². The van der Waals surface area contributed by atoms with Gasteiger partial charge in [0.25, 0.3) is 10.0 Å². The summed E-state index contributed by atoms with van der Waals surface area (Å²) >= 11 is 0. The Morgan fingerprint density at radius 2 is 1.75 bits per heavy atom.